The molecule has 0 radical (unpaired) electrons. The Bertz CT molecular complexity index is 6800. The summed E-state index contributed by atoms with van der Waals surface area (Å²) in [6, 6.07) is 43.5. The van der Waals surface area contributed by atoms with Gasteiger partial charge < -0.3 is 38.8 Å². The third-order valence-corrected chi connectivity index (χ3v) is 20.9. The molecule has 10 heterocycles. The number of aromatic amines is 2. The first kappa shape index (κ1) is 107. The lowest BCUT2D eigenvalue weighted by Gasteiger charge is -2.27. The number of nitrogens with one attached hydrogen (secondary N) is 11. The molecular weight excluding hydrogens is 1930 g/mol. The number of benzene rings is 5. The van der Waals surface area contributed by atoms with Gasteiger partial charge in [0.1, 0.15) is 56.3 Å². The maximum Gasteiger partial charge on any atom is 0.265 e. The summed E-state index contributed by atoms with van der Waals surface area (Å²) in [4.78, 5) is 169. The van der Waals surface area contributed by atoms with Gasteiger partial charge in [-0.15, -0.1) is 13.2 Å². The van der Waals surface area contributed by atoms with Crippen LogP contribution in [-0.4, -0.2) is 181 Å². The molecule has 35 nitrogen and oxygen atoms in total. The molecule has 0 bridgehead atoms. The fourth-order valence-electron chi connectivity index (χ4n) is 12.3. The van der Waals surface area contributed by atoms with Crippen LogP contribution in [0.2, 0.25) is 0 Å². The van der Waals surface area contributed by atoms with E-state index in [4.69, 9.17) is 86.9 Å². The molecule has 6 saturated heterocycles. The SMILES string of the molecule is C=CCN1C(=O)/C(=C/C=C/c2ccccc2)C(=O)NC1=S.C=CCN1C(=O)/C(=C\c2ccc(O)c(O)c2)C(=O)NC1=S.CCCOc1cc(N(CC)CC)ccc1C=C1C(=O)NC(=S)NC1=O.CCN1C(=O)/C(=C\C=C\c2ccco2)C(=O)NC1=S.O=C1NC(=S)NC(=O)C1=C/C=C/c1ccccc1.O=C1NC(=S)NC(=O)C1=C/C=C/c1ccco1.O=c1[nH]c(=S)[nH]c(O)c1C=C1C=c2ccccc2=N1. The first-order valence-corrected chi connectivity index (χ1v) is 44.9. The number of allylic oxidation sites excluding steroid dienone is 9. The van der Waals surface area contributed by atoms with Gasteiger partial charge in [0.05, 0.1) is 30.2 Å². The summed E-state index contributed by atoms with van der Waals surface area (Å²) in [5, 5.41) is 52.2. The molecule has 0 unspecified atom stereocenters. The van der Waals surface area contributed by atoms with E-state index in [9.17, 15) is 77.6 Å². The van der Waals surface area contributed by atoms with E-state index in [1.807, 2.05) is 122 Å². The van der Waals surface area contributed by atoms with Crippen molar-refractivity contribution in [3.8, 4) is 23.1 Å². The van der Waals surface area contributed by atoms with Gasteiger partial charge in [-0.1, -0.05) is 140 Å². The van der Waals surface area contributed by atoms with Crippen LogP contribution < -0.4 is 73.6 Å². The number of H-pyrrole nitrogens is 2. The first-order valence-electron chi connectivity index (χ1n) is 42.0. The van der Waals surface area contributed by atoms with E-state index in [-0.39, 0.29) is 111 Å². The summed E-state index contributed by atoms with van der Waals surface area (Å²) in [6.45, 7) is 18.3. The maximum absolute atomic E-state index is 12.2. The van der Waals surface area contributed by atoms with Crippen LogP contribution in [0.4, 0.5) is 5.69 Å². The monoisotopic (exact) mass is 2020 g/mol. The molecule has 0 spiro atoms. The summed E-state index contributed by atoms with van der Waals surface area (Å²) >= 11 is 33.8. The number of carbonyl (C=O) groups is 12. The number of rotatable bonds is 22. The van der Waals surface area contributed by atoms with Crippen molar-refractivity contribution in [1.29, 1.82) is 0 Å². The van der Waals surface area contributed by atoms with Crippen LogP contribution in [-0.2, 0) is 57.5 Å². The summed E-state index contributed by atoms with van der Waals surface area (Å²) in [6.07, 6.45) is 32.4. The third kappa shape index (κ3) is 30.9. The van der Waals surface area contributed by atoms with Crippen LogP contribution >= 0.6 is 85.5 Å². The number of aromatic nitrogens is 2. The lowest BCUT2D eigenvalue weighted by Crippen LogP contribution is -2.53. The van der Waals surface area contributed by atoms with Crippen molar-refractivity contribution >= 4 is 241 Å². The first-order chi connectivity index (χ1) is 67.1. The molecule has 42 heteroatoms. The Morgan fingerprint density at radius 1 is 0.429 bits per heavy atom. The van der Waals surface area contributed by atoms with Gasteiger partial charge in [-0.25, -0.2) is 4.99 Å². The summed E-state index contributed by atoms with van der Waals surface area (Å²) in [5.41, 5.74) is 4.38. The lowest BCUT2D eigenvalue weighted by atomic mass is 10.1. The van der Waals surface area contributed by atoms with Gasteiger partial charge in [-0.2, -0.15) is 0 Å². The number of para-hydroxylation sites is 1. The number of nitrogens with zero attached hydrogens (tertiary/aromatic N) is 5. The summed E-state index contributed by atoms with van der Waals surface area (Å²) in [5.74, 6) is -4.91. The van der Waals surface area contributed by atoms with Crippen molar-refractivity contribution in [2.45, 2.75) is 34.1 Å². The molecule has 0 saturated carbocycles. The van der Waals surface area contributed by atoms with E-state index in [1.54, 1.807) is 86.1 Å². The number of thiocarbonyl (C=S) groups is 6. The number of furan rings is 2. The van der Waals surface area contributed by atoms with E-state index in [2.05, 4.69) is 107 Å². The molecule has 140 heavy (non-hydrogen) atoms. The van der Waals surface area contributed by atoms with Crippen molar-refractivity contribution in [2.75, 3.05) is 44.2 Å². The van der Waals surface area contributed by atoms with Gasteiger partial charge in [-0.3, -0.25) is 130 Å². The van der Waals surface area contributed by atoms with Gasteiger partial charge in [-0.05, 0) is 245 Å². The highest BCUT2D eigenvalue weighted by Gasteiger charge is 2.36. The highest BCUT2D eigenvalue weighted by atomic mass is 32.1. The van der Waals surface area contributed by atoms with Gasteiger partial charge in [0, 0.05) is 55.3 Å². The van der Waals surface area contributed by atoms with E-state index < -0.39 is 70.5 Å². The lowest BCUT2D eigenvalue weighted by molar-refractivity contribution is -0.130. The predicted octanol–water partition coefficient (Wildman–Crippen LogP) is 9.18. The fraction of sp³-hybridized carbons (Fsp3) is 0.112. The topological polar surface area (TPSA) is 483 Å². The standard InChI is InChI=1S/C18H23N3O3S.C16H14N2O2S.C14H12N2O4S.C13H9N3O2S.C13H12N2O3S.C13H10N2O2S.C11H8N2O3S/c1-4-9-24-15-11-13(21(5-2)6-3)8-7-12(15)10-14-16(22)19-18(25)20-17(14)23;1-2-11-18-15(20)13(14(19)17-16(18)21)10-6-9-12-7-4-3-5-8-12;1-2-5-16-13(20)9(12(19)15-14(16)21)6-8-3-4-10(17)11(18)7-8;17-11-9(12(18)16-13(19)15-11)6-8-5-7-3-1-2-4-10(7)14-8;1-2-15-12(17)10(11(16)14-13(15)19)7-3-5-9-6-4-8-18-9;16-11-10(12(17)15-13(18)14-11)8-4-7-9-5-2-1-3-6-9;14-9-8(10(15)13-11(17)12-9)5-1-3-7-4-2-6-16-7/h7-8,10-11H,4-6,9H2,1-3H3,(H2,19,20,22,23,25);2-10H,1,11H2,(H,17,19,21);2-4,6-7,17-18H,1,5H2,(H,15,19,21);1-6H,(H3,15,16,17,18,19);3-8H,2H2,1H3,(H,14,16,19);1-8H,(H2,14,15,16,17,18);1-6H,(H2,12,13,14,15,17)/b;9-6+,13-10+;9-6-;;5-3+,10-7-;7-4+;3-1+. The van der Waals surface area contributed by atoms with Gasteiger partial charge in [0.15, 0.2) is 46.9 Å². The third-order valence-electron chi connectivity index (χ3n) is 19.1. The Balaban J connectivity index is 0.000000183. The predicted molar refractivity (Wildman–Crippen MR) is 554 cm³/mol. The van der Waals surface area contributed by atoms with Crippen molar-refractivity contribution in [3.05, 3.63) is 336 Å². The average molecular weight is 2020 g/mol. The summed E-state index contributed by atoms with van der Waals surface area (Å²) in [7, 11) is 0. The number of amides is 12. The summed E-state index contributed by atoms with van der Waals surface area (Å²) < 4.78 is 16.1. The number of anilines is 1. The molecule has 5 aromatic carbocycles. The molecule has 8 aromatic rings. The van der Waals surface area contributed by atoms with E-state index in [0.29, 0.717) is 47.2 Å². The Kier molecular flexibility index (Phi) is 40.4. The number of aromatic hydroxyl groups is 3. The van der Waals surface area contributed by atoms with E-state index in [0.717, 1.165) is 46.9 Å². The molecule has 14 N–H and O–H groups in total. The van der Waals surface area contributed by atoms with Crippen molar-refractivity contribution < 1.29 is 86.4 Å². The second-order valence-corrected chi connectivity index (χ2v) is 31.5. The number of hydrogen-bond donors (Lipinski definition) is 14. The quantitative estimate of drug-likeness (QED) is 0.00987. The minimum Gasteiger partial charge on any atom is -0.504 e. The fourth-order valence-corrected chi connectivity index (χ4v) is 13.9. The Hall–Kier alpha value is -16.8. The second-order valence-electron chi connectivity index (χ2n) is 28.7. The van der Waals surface area contributed by atoms with Gasteiger partial charge >= 0.3 is 0 Å². The van der Waals surface area contributed by atoms with Gasteiger partial charge in [0.25, 0.3) is 76.4 Å². The molecule has 12 amide bonds. The Labute approximate surface area is 837 Å². The number of hydrogen-bond acceptors (Lipinski definition) is 28. The van der Waals surface area contributed by atoms with Crippen LogP contribution in [0.25, 0.3) is 48.6 Å². The van der Waals surface area contributed by atoms with Crippen LogP contribution in [0.5, 0.6) is 23.1 Å². The number of phenolic OH excluding ortho intramolecular Hbond substituents is 2. The van der Waals surface area contributed by atoms with Crippen molar-refractivity contribution in [1.82, 2.24) is 72.5 Å². The number of fused-ring (bicyclic) bond motifs is 1. The normalized spacial score (nSPS) is 16.1. The molecule has 3 aromatic heterocycles. The molecule has 716 valence electrons. The zero-order valence-corrected chi connectivity index (χ0v) is 80.5. The Morgan fingerprint density at radius 2 is 0.864 bits per heavy atom. The van der Waals surface area contributed by atoms with Crippen LogP contribution in [0.15, 0.2) is 290 Å². The second kappa shape index (κ2) is 52.9. The molecule has 15 rings (SSSR count). The smallest absolute Gasteiger partial charge is 0.265 e. The Morgan fingerprint density at radius 3 is 1.31 bits per heavy atom. The van der Waals surface area contributed by atoms with Crippen molar-refractivity contribution in [3.63, 3.8) is 0 Å². The molecule has 6 fully saturated rings. The van der Waals surface area contributed by atoms with Gasteiger partial charge in [0.2, 0.25) is 5.88 Å². The highest BCUT2D eigenvalue weighted by molar-refractivity contribution is 7.81. The molecular formula is C98H88N16O19S7. The molecule has 0 aliphatic carbocycles. The minimum absolute atomic E-state index is 0.00130. The largest absolute Gasteiger partial charge is 0.504 e. The number of likely N-dealkylation sites (N-methyl/N-ethyl adjacent to an activating group) is 1. The minimum atomic E-state index is -0.613. The molecule has 7 aliphatic heterocycles. The number of carbonyl (C=O) groups excluding carboxylic acids is 12. The van der Waals surface area contributed by atoms with Crippen molar-refractivity contribution in [2.24, 2.45) is 4.99 Å². The van der Waals surface area contributed by atoms with Crippen LogP contribution in [0, 0.1) is 4.77 Å². The number of ether oxygens (including phenoxy) is 1. The van der Waals surface area contributed by atoms with E-state index in [1.165, 1.54) is 87.8 Å². The van der Waals surface area contributed by atoms with Crippen LogP contribution in [0.3, 0.4) is 0 Å². The van der Waals surface area contributed by atoms with Crippen LogP contribution in [0.1, 0.15) is 73.5 Å². The zero-order valence-electron chi connectivity index (χ0n) is 74.7. The van der Waals surface area contributed by atoms with E-state index >= 15 is 0 Å². The average Bonchev–Trinajstić information content (AvgIpc) is 1.02. The maximum atomic E-state index is 12.2. The number of phenols is 2. The zero-order chi connectivity index (χ0) is 102. The molecule has 0 atom stereocenters. The molecule has 7 aliphatic rings. The highest BCUT2D eigenvalue weighted by Crippen LogP contribution is 2.30.